The molecule has 25 heavy (non-hydrogen) atoms. The minimum Gasteiger partial charge on any atom is -0.382 e. The lowest BCUT2D eigenvalue weighted by Crippen LogP contribution is -2.45. The number of amides is 1. The van der Waals surface area contributed by atoms with Crippen LogP contribution < -0.4 is 10.6 Å². The summed E-state index contributed by atoms with van der Waals surface area (Å²) in [5, 5.41) is 6.82. The maximum Gasteiger partial charge on any atom is 0.225 e. The zero-order valence-electron chi connectivity index (χ0n) is 16.1. The summed E-state index contributed by atoms with van der Waals surface area (Å²) in [6, 6.07) is 0.312. The Hall–Kier alpha value is -1.30. The Kier molecular flexibility index (Phi) is 9.08. The minimum atomic E-state index is 0.283. The number of guanidine groups is 1. The second-order valence-corrected chi connectivity index (χ2v) is 7.06. The van der Waals surface area contributed by atoms with Gasteiger partial charge in [-0.15, -0.1) is 0 Å². The van der Waals surface area contributed by atoms with E-state index in [9.17, 15) is 4.79 Å². The molecule has 2 fully saturated rings. The molecule has 1 amide bonds. The van der Waals surface area contributed by atoms with Crippen LogP contribution in [-0.2, 0) is 9.53 Å². The first-order valence-corrected chi connectivity index (χ1v) is 10.2. The van der Waals surface area contributed by atoms with Crippen LogP contribution in [0.2, 0.25) is 0 Å². The van der Waals surface area contributed by atoms with Crippen LogP contribution in [0.1, 0.15) is 58.8 Å². The van der Waals surface area contributed by atoms with Crippen LogP contribution in [0.4, 0.5) is 0 Å². The number of aliphatic imine (C=N–C) groups is 1. The van der Waals surface area contributed by atoms with Crippen molar-refractivity contribution >= 4 is 11.9 Å². The fraction of sp³-hybridized carbons (Fsp3) is 0.895. The molecule has 1 heterocycles. The molecule has 1 saturated heterocycles. The predicted octanol–water partition coefficient (Wildman–Crippen LogP) is 2.15. The molecule has 1 unspecified atom stereocenters. The second-order valence-electron chi connectivity index (χ2n) is 7.06. The molecule has 1 aliphatic heterocycles. The topological polar surface area (TPSA) is 66.0 Å². The number of nitrogens with one attached hydrogen (secondary N) is 2. The molecule has 2 aliphatic rings. The van der Waals surface area contributed by atoms with Gasteiger partial charge in [-0.3, -0.25) is 9.79 Å². The maximum absolute atomic E-state index is 12.5. The Morgan fingerprint density at radius 2 is 2.00 bits per heavy atom. The average Bonchev–Trinajstić information content (AvgIpc) is 3.29. The van der Waals surface area contributed by atoms with Crippen LogP contribution in [0.15, 0.2) is 4.99 Å². The quantitative estimate of drug-likeness (QED) is 0.379. The van der Waals surface area contributed by atoms with E-state index in [1.807, 2.05) is 6.92 Å². The molecule has 1 saturated carbocycles. The van der Waals surface area contributed by atoms with E-state index in [1.165, 1.54) is 12.8 Å². The number of carbonyl (C=O) groups excluding carboxylic acids is 1. The molecular weight excluding hydrogens is 316 g/mol. The van der Waals surface area contributed by atoms with Crippen molar-refractivity contribution in [3.05, 3.63) is 0 Å². The van der Waals surface area contributed by atoms with Gasteiger partial charge in [0, 0.05) is 51.4 Å². The van der Waals surface area contributed by atoms with E-state index in [2.05, 4.69) is 27.4 Å². The van der Waals surface area contributed by atoms with Gasteiger partial charge in [0.15, 0.2) is 5.96 Å². The standard InChI is InChI=1S/C19H36N4O2/c1-3-20-19(21-12-7-8-14-25-4-2)22-17-11-13-23(15-17)18(24)16-9-5-6-10-16/h16-17H,3-15H2,1-2H3,(H2,20,21,22). The number of hydrogen-bond acceptors (Lipinski definition) is 3. The van der Waals surface area contributed by atoms with Gasteiger partial charge in [0.25, 0.3) is 0 Å². The van der Waals surface area contributed by atoms with Crippen LogP contribution in [0.5, 0.6) is 0 Å². The zero-order valence-corrected chi connectivity index (χ0v) is 16.1. The molecule has 0 aromatic rings. The monoisotopic (exact) mass is 352 g/mol. The highest BCUT2D eigenvalue weighted by Gasteiger charge is 2.32. The lowest BCUT2D eigenvalue weighted by Gasteiger charge is -2.21. The molecule has 1 aliphatic carbocycles. The number of rotatable bonds is 9. The van der Waals surface area contributed by atoms with E-state index < -0.39 is 0 Å². The molecule has 0 spiro atoms. The Balaban J connectivity index is 1.72. The van der Waals surface area contributed by atoms with Gasteiger partial charge in [-0.1, -0.05) is 12.8 Å². The Morgan fingerprint density at radius 1 is 1.20 bits per heavy atom. The summed E-state index contributed by atoms with van der Waals surface area (Å²) in [4.78, 5) is 19.3. The van der Waals surface area contributed by atoms with Crippen molar-refractivity contribution in [3.63, 3.8) is 0 Å². The molecule has 6 nitrogen and oxygen atoms in total. The number of ether oxygens (including phenoxy) is 1. The zero-order chi connectivity index (χ0) is 17.9. The van der Waals surface area contributed by atoms with Crippen LogP contribution >= 0.6 is 0 Å². The normalized spacial score (nSPS) is 21.8. The van der Waals surface area contributed by atoms with E-state index >= 15 is 0 Å². The molecule has 0 radical (unpaired) electrons. The average molecular weight is 353 g/mol. The highest BCUT2D eigenvalue weighted by atomic mass is 16.5. The maximum atomic E-state index is 12.5. The Bertz CT molecular complexity index is 422. The molecule has 0 aromatic carbocycles. The summed E-state index contributed by atoms with van der Waals surface area (Å²) in [7, 11) is 0. The predicted molar refractivity (Wildman–Crippen MR) is 102 cm³/mol. The third-order valence-corrected chi connectivity index (χ3v) is 5.06. The molecule has 2 rings (SSSR count). The van der Waals surface area contributed by atoms with Crippen molar-refractivity contribution in [1.82, 2.24) is 15.5 Å². The molecule has 0 bridgehead atoms. The molecule has 1 atom stereocenters. The molecule has 0 aromatic heterocycles. The van der Waals surface area contributed by atoms with Crippen molar-refractivity contribution in [2.24, 2.45) is 10.9 Å². The smallest absolute Gasteiger partial charge is 0.225 e. The van der Waals surface area contributed by atoms with E-state index in [0.717, 1.165) is 77.5 Å². The molecule has 144 valence electrons. The molecular formula is C19H36N4O2. The van der Waals surface area contributed by atoms with Crippen molar-refractivity contribution in [1.29, 1.82) is 0 Å². The summed E-state index contributed by atoms with van der Waals surface area (Å²) in [6.45, 7) is 9.04. The van der Waals surface area contributed by atoms with Gasteiger partial charge in [-0.05, 0) is 46.0 Å². The van der Waals surface area contributed by atoms with Crippen molar-refractivity contribution < 1.29 is 9.53 Å². The number of carbonyl (C=O) groups is 1. The number of hydrogen-bond donors (Lipinski definition) is 2. The van der Waals surface area contributed by atoms with E-state index in [4.69, 9.17) is 4.74 Å². The van der Waals surface area contributed by atoms with E-state index in [1.54, 1.807) is 0 Å². The van der Waals surface area contributed by atoms with Gasteiger partial charge in [-0.2, -0.15) is 0 Å². The third kappa shape index (κ3) is 6.84. The van der Waals surface area contributed by atoms with Crippen LogP contribution in [0.3, 0.4) is 0 Å². The number of unbranched alkanes of at least 4 members (excludes halogenated alkanes) is 1. The second kappa shape index (κ2) is 11.3. The van der Waals surface area contributed by atoms with Crippen molar-refractivity contribution in [2.45, 2.75) is 64.8 Å². The van der Waals surface area contributed by atoms with Crippen molar-refractivity contribution in [3.8, 4) is 0 Å². The van der Waals surface area contributed by atoms with Gasteiger partial charge in [0.1, 0.15) is 0 Å². The lowest BCUT2D eigenvalue weighted by atomic mass is 10.1. The third-order valence-electron chi connectivity index (χ3n) is 5.06. The lowest BCUT2D eigenvalue weighted by molar-refractivity contribution is -0.134. The number of likely N-dealkylation sites (tertiary alicyclic amines) is 1. The van der Waals surface area contributed by atoms with E-state index in [-0.39, 0.29) is 5.92 Å². The first kappa shape index (κ1) is 20.0. The van der Waals surface area contributed by atoms with Gasteiger partial charge in [-0.25, -0.2) is 0 Å². The Morgan fingerprint density at radius 3 is 2.72 bits per heavy atom. The first-order chi connectivity index (χ1) is 12.2. The van der Waals surface area contributed by atoms with Gasteiger partial charge in [0.2, 0.25) is 5.91 Å². The fourth-order valence-electron chi connectivity index (χ4n) is 3.67. The SMILES string of the molecule is CCNC(=NCCCCOCC)NC1CCN(C(=O)C2CCCC2)C1. The summed E-state index contributed by atoms with van der Waals surface area (Å²) in [5.74, 6) is 1.53. The minimum absolute atomic E-state index is 0.283. The summed E-state index contributed by atoms with van der Waals surface area (Å²) in [5.41, 5.74) is 0. The highest BCUT2D eigenvalue weighted by Crippen LogP contribution is 2.27. The van der Waals surface area contributed by atoms with Gasteiger partial charge < -0.3 is 20.3 Å². The van der Waals surface area contributed by atoms with Crippen LogP contribution in [0, 0.1) is 5.92 Å². The van der Waals surface area contributed by atoms with Crippen molar-refractivity contribution in [2.75, 3.05) is 39.4 Å². The Labute approximate surface area is 152 Å². The summed E-state index contributed by atoms with van der Waals surface area (Å²) in [6.07, 6.45) is 7.68. The van der Waals surface area contributed by atoms with Crippen LogP contribution in [-0.4, -0.2) is 62.2 Å². The largest absolute Gasteiger partial charge is 0.382 e. The van der Waals surface area contributed by atoms with Gasteiger partial charge in [0.05, 0.1) is 0 Å². The van der Waals surface area contributed by atoms with Gasteiger partial charge >= 0.3 is 0 Å². The summed E-state index contributed by atoms with van der Waals surface area (Å²) < 4.78 is 5.35. The molecule has 2 N–H and O–H groups in total. The van der Waals surface area contributed by atoms with Crippen LogP contribution in [0.25, 0.3) is 0 Å². The fourth-order valence-corrected chi connectivity index (χ4v) is 3.67. The van der Waals surface area contributed by atoms with E-state index in [0.29, 0.717) is 11.9 Å². The molecule has 6 heteroatoms. The first-order valence-electron chi connectivity index (χ1n) is 10.2. The highest BCUT2D eigenvalue weighted by molar-refractivity contribution is 5.81. The number of nitrogens with zero attached hydrogens (tertiary/aromatic N) is 2. The summed E-state index contributed by atoms with van der Waals surface area (Å²) >= 11 is 0.